The molecule has 1 N–H and O–H groups in total. The molecule has 1 heterocycles. The summed E-state index contributed by atoms with van der Waals surface area (Å²) < 4.78 is 21.4. The molecule has 5 rings (SSSR count). The Hall–Kier alpha value is -4.12. The molecule has 0 aliphatic rings. The minimum absolute atomic E-state index is 0.0509. The van der Waals surface area contributed by atoms with E-state index in [0.717, 1.165) is 11.1 Å². The van der Waals surface area contributed by atoms with Crippen LogP contribution in [0.4, 0.5) is 4.39 Å². The van der Waals surface area contributed by atoms with Crippen LogP contribution >= 0.6 is 0 Å². The molecule has 0 saturated heterocycles. The van der Waals surface area contributed by atoms with Gasteiger partial charge in [-0.15, -0.1) is 0 Å². The first kappa shape index (κ1) is 19.8. The van der Waals surface area contributed by atoms with Crippen LogP contribution in [-0.2, 0) is 11.3 Å². The summed E-state index contributed by atoms with van der Waals surface area (Å²) in [5.74, 6) is -0.753. The van der Waals surface area contributed by atoms with E-state index in [4.69, 9.17) is 4.74 Å². The standard InChI is InChI=1S/C27H20FNO3/c1-32-27(31)20-11-7-13-22-25(20)26-23(29(22)16-18-10-5-6-12-21(18)28)14-19(15-24(26)30)17-8-3-2-4-9-17/h2-15,30H,16H2,1H3. The number of ether oxygens (including phenoxy) is 1. The maximum atomic E-state index is 14.5. The van der Waals surface area contributed by atoms with Crippen LogP contribution in [0.3, 0.4) is 0 Å². The number of hydrogen-bond acceptors (Lipinski definition) is 3. The molecule has 0 aliphatic carbocycles. The van der Waals surface area contributed by atoms with Crippen molar-refractivity contribution in [1.82, 2.24) is 4.57 Å². The zero-order valence-electron chi connectivity index (χ0n) is 17.4. The van der Waals surface area contributed by atoms with E-state index in [0.29, 0.717) is 32.9 Å². The molecule has 158 valence electrons. The first-order valence-corrected chi connectivity index (χ1v) is 10.2. The monoisotopic (exact) mass is 425 g/mol. The summed E-state index contributed by atoms with van der Waals surface area (Å²) in [4.78, 5) is 12.5. The number of phenols is 1. The Morgan fingerprint density at radius 2 is 1.62 bits per heavy atom. The maximum Gasteiger partial charge on any atom is 0.338 e. The molecule has 5 aromatic rings. The van der Waals surface area contributed by atoms with E-state index in [9.17, 15) is 14.3 Å². The first-order chi connectivity index (χ1) is 15.6. The Labute approximate surface area is 184 Å². The number of rotatable bonds is 4. The van der Waals surface area contributed by atoms with Gasteiger partial charge in [0.2, 0.25) is 0 Å². The zero-order chi connectivity index (χ0) is 22.2. The molecule has 32 heavy (non-hydrogen) atoms. The van der Waals surface area contributed by atoms with Gasteiger partial charge in [0.1, 0.15) is 11.6 Å². The normalized spacial score (nSPS) is 11.2. The Morgan fingerprint density at radius 1 is 0.875 bits per heavy atom. The van der Waals surface area contributed by atoms with E-state index >= 15 is 0 Å². The topological polar surface area (TPSA) is 51.5 Å². The van der Waals surface area contributed by atoms with Gasteiger partial charge in [-0.2, -0.15) is 0 Å². The van der Waals surface area contributed by atoms with Crippen LogP contribution in [0.1, 0.15) is 15.9 Å². The highest BCUT2D eigenvalue weighted by Gasteiger charge is 2.22. The molecule has 5 heteroatoms. The van der Waals surface area contributed by atoms with E-state index in [2.05, 4.69) is 0 Å². The van der Waals surface area contributed by atoms with Crippen LogP contribution < -0.4 is 0 Å². The highest BCUT2D eigenvalue weighted by molar-refractivity contribution is 6.19. The second-order valence-corrected chi connectivity index (χ2v) is 7.62. The second-order valence-electron chi connectivity index (χ2n) is 7.62. The predicted molar refractivity (Wildman–Crippen MR) is 123 cm³/mol. The predicted octanol–water partition coefficient (Wildman–Crippen LogP) is 6.14. The largest absolute Gasteiger partial charge is 0.507 e. The minimum atomic E-state index is -0.493. The Bertz CT molecular complexity index is 1470. The molecule has 0 aliphatic heterocycles. The van der Waals surface area contributed by atoms with Crippen molar-refractivity contribution in [2.24, 2.45) is 0 Å². The third-order valence-corrected chi connectivity index (χ3v) is 5.77. The Balaban J connectivity index is 1.87. The minimum Gasteiger partial charge on any atom is -0.507 e. The van der Waals surface area contributed by atoms with Crippen LogP contribution in [0.2, 0.25) is 0 Å². The average molecular weight is 425 g/mol. The van der Waals surface area contributed by atoms with Gasteiger partial charge < -0.3 is 14.4 Å². The quantitative estimate of drug-likeness (QED) is 0.352. The Kier molecular flexibility index (Phi) is 4.86. The molecule has 0 fully saturated rings. The van der Waals surface area contributed by atoms with Crippen LogP contribution in [0.5, 0.6) is 5.75 Å². The van der Waals surface area contributed by atoms with Gasteiger partial charge in [0.15, 0.2) is 0 Å². The van der Waals surface area contributed by atoms with Crippen molar-refractivity contribution in [3.8, 4) is 16.9 Å². The number of esters is 1. The lowest BCUT2D eigenvalue weighted by Gasteiger charge is -2.10. The van der Waals surface area contributed by atoms with Crippen molar-refractivity contribution in [3.05, 3.63) is 102 Å². The smallest absolute Gasteiger partial charge is 0.338 e. The molecule has 0 saturated carbocycles. The molecule has 0 amide bonds. The van der Waals surface area contributed by atoms with Crippen molar-refractivity contribution in [2.75, 3.05) is 7.11 Å². The third kappa shape index (κ3) is 3.19. The number of benzene rings is 4. The van der Waals surface area contributed by atoms with Crippen molar-refractivity contribution in [1.29, 1.82) is 0 Å². The van der Waals surface area contributed by atoms with E-state index in [1.54, 1.807) is 36.4 Å². The molecule has 0 atom stereocenters. The van der Waals surface area contributed by atoms with Crippen LogP contribution in [0.25, 0.3) is 32.9 Å². The van der Waals surface area contributed by atoms with Crippen LogP contribution in [-0.4, -0.2) is 22.8 Å². The van der Waals surface area contributed by atoms with Gasteiger partial charge in [0.05, 0.1) is 35.6 Å². The molecular formula is C27H20FNO3. The number of hydrogen-bond donors (Lipinski definition) is 1. The fourth-order valence-electron chi connectivity index (χ4n) is 4.28. The molecule has 4 nitrogen and oxygen atoms in total. The number of methoxy groups -OCH3 is 1. The molecular weight excluding hydrogens is 405 g/mol. The Morgan fingerprint density at radius 3 is 2.38 bits per heavy atom. The number of fused-ring (bicyclic) bond motifs is 3. The van der Waals surface area contributed by atoms with Crippen molar-refractivity contribution >= 4 is 27.8 Å². The number of carbonyl (C=O) groups is 1. The zero-order valence-corrected chi connectivity index (χ0v) is 17.4. The fourth-order valence-corrected chi connectivity index (χ4v) is 4.28. The summed E-state index contributed by atoms with van der Waals surface area (Å²) in [7, 11) is 1.33. The van der Waals surface area contributed by atoms with Gasteiger partial charge in [-0.3, -0.25) is 0 Å². The number of halogens is 1. The number of aromatic nitrogens is 1. The lowest BCUT2D eigenvalue weighted by Crippen LogP contribution is -2.03. The lowest BCUT2D eigenvalue weighted by atomic mass is 10.0. The highest BCUT2D eigenvalue weighted by atomic mass is 19.1. The van der Waals surface area contributed by atoms with Gasteiger partial charge in [-0.05, 0) is 41.5 Å². The number of carbonyl (C=O) groups excluding carboxylic acids is 1. The molecule has 0 bridgehead atoms. The summed E-state index contributed by atoms with van der Waals surface area (Å²) in [6, 6.07) is 25.3. The van der Waals surface area contributed by atoms with Gasteiger partial charge >= 0.3 is 5.97 Å². The van der Waals surface area contributed by atoms with E-state index in [1.165, 1.54) is 13.2 Å². The van der Waals surface area contributed by atoms with Gasteiger partial charge in [0.25, 0.3) is 0 Å². The number of nitrogens with zero attached hydrogens (tertiary/aromatic N) is 1. The molecule has 1 aromatic heterocycles. The van der Waals surface area contributed by atoms with Crippen LogP contribution in [0, 0.1) is 5.82 Å². The molecule has 4 aromatic carbocycles. The first-order valence-electron chi connectivity index (χ1n) is 10.2. The highest BCUT2D eigenvalue weighted by Crippen LogP contribution is 2.40. The average Bonchev–Trinajstić information content (AvgIpc) is 3.14. The molecule has 0 radical (unpaired) electrons. The number of aromatic hydroxyl groups is 1. The number of phenolic OH excluding ortho intramolecular Hbond substituents is 1. The van der Waals surface area contributed by atoms with Crippen LogP contribution in [0.15, 0.2) is 84.9 Å². The van der Waals surface area contributed by atoms with E-state index in [1.807, 2.05) is 47.0 Å². The molecule has 0 spiro atoms. The third-order valence-electron chi connectivity index (χ3n) is 5.77. The summed E-state index contributed by atoms with van der Waals surface area (Å²) in [5, 5.41) is 12.2. The summed E-state index contributed by atoms with van der Waals surface area (Å²) in [5.41, 5.74) is 4.06. The van der Waals surface area contributed by atoms with Crippen molar-refractivity contribution in [2.45, 2.75) is 6.54 Å². The molecule has 0 unspecified atom stereocenters. The van der Waals surface area contributed by atoms with Crippen molar-refractivity contribution in [3.63, 3.8) is 0 Å². The van der Waals surface area contributed by atoms with Gasteiger partial charge in [-0.1, -0.05) is 54.6 Å². The van der Waals surface area contributed by atoms with E-state index < -0.39 is 5.97 Å². The maximum absolute atomic E-state index is 14.5. The van der Waals surface area contributed by atoms with E-state index in [-0.39, 0.29) is 18.1 Å². The summed E-state index contributed by atoms with van der Waals surface area (Å²) >= 11 is 0. The SMILES string of the molecule is COC(=O)c1cccc2c1c1c(O)cc(-c3ccccc3)cc1n2Cc1ccccc1F. The summed E-state index contributed by atoms with van der Waals surface area (Å²) in [6.45, 7) is 0.245. The van der Waals surface area contributed by atoms with Gasteiger partial charge in [-0.25, -0.2) is 9.18 Å². The fraction of sp³-hybridized carbons (Fsp3) is 0.0741. The van der Waals surface area contributed by atoms with Crippen molar-refractivity contribution < 1.29 is 19.0 Å². The summed E-state index contributed by atoms with van der Waals surface area (Å²) in [6.07, 6.45) is 0. The lowest BCUT2D eigenvalue weighted by molar-refractivity contribution is 0.0603. The second kappa shape index (κ2) is 7.85. The van der Waals surface area contributed by atoms with Gasteiger partial charge in [0, 0.05) is 10.9 Å².